The number of aryl methyl sites for hydroxylation is 1. The lowest BCUT2D eigenvalue weighted by Crippen LogP contribution is -2.45. The maximum absolute atomic E-state index is 12.9. The van der Waals surface area contributed by atoms with Gasteiger partial charge in [0.25, 0.3) is 0 Å². The second-order valence-corrected chi connectivity index (χ2v) is 6.74. The Bertz CT molecular complexity index is 681. The van der Waals surface area contributed by atoms with Crippen molar-refractivity contribution in [3.05, 3.63) is 33.8 Å². The second kappa shape index (κ2) is 5.20. The van der Waals surface area contributed by atoms with Gasteiger partial charge in [-0.1, -0.05) is 18.5 Å². The van der Waals surface area contributed by atoms with Gasteiger partial charge >= 0.3 is 0 Å². The zero-order valence-corrected chi connectivity index (χ0v) is 13.4. The van der Waals surface area contributed by atoms with Crippen molar-refractivity contribution in [1.29, 1.82) is 0 Å². The Balaban J connectivity index is 2.13. The Kier molecular flexibility index (Phi) is 3.60. The van der Waals surface area contributed by atoms with Gasteiger partial charge in [-0.2, -0.15) is 0 Å². The van der Waals surface area contributed by atoms with Crippen LogP contribution in [-0.4, -0.2) is 23.5 Å². The average Bonchev–Trinajstić information content (AvgIpc) is 3.29. The number of hydrogen-bond donors (Lipinski definition) is 1. The number of benzene rings is 1. The van der Waals surface area contributed by atoms with Crippen LogP contribution in [0, 0.1) is 5.92 Å². The van der Waals surface area contributed by atoms with Gasteiger partial charge in [-0.3, -0.25) is 14.4 Å². The number of nitrogens with one attached hydrogen (secondary N) is 1. The second-order valence-electron chi connectivity index (χ2n) is 6.30. The summed E-state index contributed by atoms with van der Waals surface area (Å²) in [7, 11) is 0. The van der Waals surface area contributed by atoms with Crippen molar-refractivity contribution in [3.8, 4) is 0 Å². The molecule has 5 heteroatoms. The maximum atomic E-state index is 12.9. The molecule has 0 aromatic heterocycles. The highest BCUT2D eigenvalue weighted by molar-refractivity contribution is 6.31. The van der Waals surface area contributed by atoms with Gasteiger partial charge in [0.05, 0.1) is 5.54 Å². The molecular weight excluding hydrogens is 302 g/mol. The topological polar surface area (TPSA) is 63.2 Å². The monoisotopic (exact) mass is 319 g/mol. The molecule has 22 heavy (non-hydrogen) atoms. The first-order valence-electron chi connectivity index (χ1n) is 7.56. The Labute approximate surface area is 134 Å². The first-order chi connectivity index (χ1) is 10.4. The molecule has 1 amide bonds. The normalized spacial score (nSPS) is 27.9. The van der Waals surface area contributed by atoms with E-state index >= 15 is 0 Å². The molecule has 0 bridgehead atoms. The van der Waals surface area contributed by atoms with Gasteiger partial charge in [0.15, 0.2) is 5.78 Å². The van der Waals surface area contributed by atoms with E-state index < -0.39 is 11.5 Å². The predicted molar refractivity (Wildman–Crippen MR) is 83.2 cm³/mol. The van der Waals surface area contributed by atoms with E-state index in [-0.39, 0.29) is 17.6 Å². The molecule has 1 aromatic carbocycles. The van der Waals surface area contributed by atoms with E-state index in [1.807, 2.05) is 6.92 Å². The lowest BCUT2D eigenvalue weighted by Gasteiger charge is -2.22. The molecule has 1 heterocycles. The van der Waals surface area contributed by atoms with Gasteiger partial charge in [0.1, 0.15) is 12.2 Å². The van der Waals surface area contributed by atoms with E-state index in [2.05, 4.69) is 5.32 Å². The molecule has 0 radical (unpaired) electrons. The van der Waals surface area contributed by atoms with E-state index in [1.54, 1.807) is 13.0 Å². The first kappa shape index (κ1) is 15.2. The van der Waals surface area contributed by atoms with Crippen molar-refractivity contribution in [2.75, 3.05) is 0 Å². The van der Waals surface area contributed by atoms with Gasteiger partial charge < -0.3 is 5.32 Å². The van der Waals surface area contributed by atoms with Crippen molar-refractivity contribution in [3.63, 3.8) is 0 Å². The third-order valence-corrected chi connectivity index (χ3v) is 5.09. The summed E-state index contributed by atoms with van der Waals surface area (Å²) in [5.74, 6) is -1.12. The van der Waals surface area contributed by atoms with Crippen LogP contribution in [0.15, 0.2) is 12.1 Å². The molecule has 1 N–H and O–H groups in total. The number of amides is 1. The van der Waals surface area contributed by atoms with Crippen LogP contribution in [-0.2, 0) is 16.0 Å². The zero-order valence-electron chi connectivity index (χ0n) is 12.6. The molecule has 1 aromatic rings. The van der Waals surface area contributed by atoms with Gasteiger partial charge in [-0.25, -0.2) is 0 Å². The number of ketones is 1. The lowest BCUT2D eigenvalue weighted by molar-refractivity contribution is -0.125. The molecule has 0 spiro atoms. The fourth-order valence-electron chi connectivity index (χ4n) is 3.47. The van der Waals surface area contributed by atoms with Crippen LogP contribution >= 0.6 is 11.6 Å². The maximum Gasteiger partial charge on any atom is 0.236 e. The van der Waals surface area contributed by atoms with Gasteiger partial charge in [-0.15, -0.1) is 0 Å². The highest BCUT2D eigenvalue weighted by Crippen LogP contribution is 2.46. The van der Waals surface area contributed by atoms with Gasteiger partial charge in [-0.05, 0) is 55.4 Å². The summed E-state index contributed by atoms with van der Waals surface area (Å²) in [4.78, 5) is 36.8. The largest absolute Gasteiger partial charge is 0.343 e. The molecule has 1 aliphatic carbocycles. The lowest BCUT2D eigenvalue weighted by atomic mass is 9.81. The van der Waals surface area contributed by atoms with Crippen LogP contribution < -0.4 is 5.32 Å². The molecular formula is C17H18ClNO3. The number of rotatable bonds is 4. The standard InChI is InChI=1S/C17H18ClNO3/c1-3-9-6-12(18)7-10(8-20)13(9)14-15(21)17(2,11-4-5-11)19-16(14)22/h6-8,11,14H,3-5H2,1-2H3,(H,19,22). The summed E-state index contributed by atoms with van der Waals surface area (Å²) in [6, 6.07) is 3.26. The van der Waals surface area contributed by atoms with Crippen LogP contribution in [0.4, 0.5) is 0 Å². The third kappa shape index (κ3) is 2.17. The molecule has 3 rings (SSSR count). The summed E-state index contributed by atoms with van der Waals surface area (Å²) in [5.41, 5.74) is 0.835. The smallest absolute Gasteiger partial charge is 0.236 e. The molecule has 2 aliphatic rings. The number of carbonyl (C=O) groups excluding carboxylic acids is 3. The highest BCUT2D eigenvalue weighted by Gasteiger charge is 2.57. The van der Waals surface area contributed by atoms with Crippen molar-refractivity contribution < 1.29 is 14.4 Å². The number of carbonyl (C=O) groups is 3. The van der Waals surface area contributed by atoms with Crippen LogP contribution in [0.3, 0.4) is 0 Å². The van der Waals surface area contributed by atoms with Crippen molar-refractivity contribution in [1.82, 2.24) is 5.32 Å². The number of halogens is 1. The molecule has 2 fully saturated rings. The molecule has 1 saturated heterocycles. The van der Waals surface area contributed by atoms with Gasteiger partial charge in [0, 0.05) is 10.6 Å². The van der Waals surface area contributed by atoms with Crippen LogP contribution in [0.5, 0.6) is 0 Å². The Morgan fingerprint density at radius 2 is 2.05 bits per heavy atom. The SMILES string of the molecule is CCc1cc(Cl)cc(C=O)c1C1C(=O)NC(C)(C2CC2)C1=O. The zero-order chi connectivity index (χ0) is 16.1. The van der Waals surface area contributed by atoms with Crippen LogP contribution in [0.2, 0.25) is 5.02 Å². The fourth-order valence-corrected chi connectivity index (χ4v) is 3.72. The van der Waals surface area contributed by atoms with Crippen molar-refractivity contribution >= 4 is 29.6 Å². The van der Waals surface area contributed by atoms with E-state index in [9.17, 15) is 14.4 Å². The molecule has 4 nitrogen and oxygen atoms in total. The Morgan fingerprint density at radius 3 is 2.59 bits per heavy atom. The van der Waals surface area contributed by atoms with Gasteiger partial charge in [0.2, 0.25) is 5.91 Å². The summed E-state index contributed by atoms with van der Waals surface area (Å²) < 4.78 is 0. The highest BCUT2D eigenvalue weighted by atomic mass is 35.5. The van der Waals surface area contributed by atoms with E-state index in [4.69, 9.17) is 11.6 Å². The molecule has 116 valence electrons. The minimum atomic E-state index is -0.905. The van der Waals surface area contributed by atoms with Crippen LogP contribution in [0.25, 0.3) is 0 Å². The van der Waals surface area contributed by atoms with Crippen molar-refractivity contribution in [2.24, 2.45) is 5.92 Å². The number of Topliss-reactive ketones (excluding diaryl/α,β-unsaturated/α-hetero) is 1. The Hall–Kier alpha value is -1.68. The number of aldehydes is 1. The van der Waals surface area contributed by atoms with E-state index in [1.165, 1.54) is 6.07 Å². The summed E-state index contributed by atoms with van der Waals surface area (Å²) in [5, 5.41) is 3.31. The summed E-state index contributed by atoms with van der Waals surface area (Å²) in [6.45, 7) is 3.72. The third-order valence-electron chi connectivity index (χ3n) is 4.87. The van der Waals surface area contributed by atoms with Crippen molar-refractivity contribution in [2.45, 2.75) is 44.6 Å². The summed E-state index contributed by atoms with van der Waals surface area (Å²) >= 11 is 6.03. The minimum Gasteiger partial charge on any atom is -0.343 e. The van der Waals surface area contributed by atoms with E-state index in [0.29, 0.717) is 28.9 Å². The van der Waals surface area contributed by atoms with Crippen LogP contribution in [0.1, 0.15) is 54.1 Å². The summed E-state index contributed by atoms with van der Waals surface area (Å²) in [6.07, 6.45) is 3.19. The minimum absolute atomic E-state index is 0.125. The first-order valence-corrected chi connectivity index (χ1v) is 7.94. The quantitative estimate of drug-likeness (QED) is 0.685. The predicted octanol–water partition coefficient (Wildman–Crippen LogP) is 2.67. The Morgan fingerprint density at radius 1 is 1.36 bits per heavy atom. The molecule has 1 aliphatic heterocycles. The fraction of sp³-hybridized carbons (Fsp3) is 0.471. The van der Waals surface area contributed by atoms with E-state index in [0.717, 1.165) is 18.4 Å². The molecule has 2 atom stereocenters. The molecule has 2 unspecified atom stereocenters. The molecule has 1 saturated carbocycles. The number of hydrogen-bond acceptors (Lipinski definition) is 3. The average molecular weight is 320 g/mol.